The summed E-state index contributed by atoms with van der Waals surface area (Å²) in [6, 6.07) is 0. The highest BCUT2D eigenvalue weighted by molar-refractivity contribution is 9.12. The van der Waals surface area contributed by atoms with Gasteiger partial charge in [0.05, 0.1) is 5.75 Å². The topological polar surface area (TPSA) is 37.4 Å². The molecule has 1 saturated heterocycles. The van der Waals surface area contributed by atoms with Crippen molar-refractivity contribution < 1.29 is 9.59 Å². The molecule has 0 atom stereocenters. The lowest BCUT2D eigenvalue weighted by atomic mass is 10.4. The average molecular weight is 248 g/mol. The molecule has 64 valence electrons. The van der Waals surface area contributed by atoms with Gasteiger partial charge in [0, 0.05) is 28.9 Å². The van der Waals surface area contributed by atoms with E-state index in [1.165, 1.54) is 4.90 Å². The molecule has 0 radical (unpaired) electrons. The molecule has 1 fully saturated rings. The summed E-state index contributed by atoms with van der Waals surface area (Å²) in [7, 11) is 0. The molecule has 0 aliphatic carbocycles. The van der Waals surface area contributed by atoms with Gasteiger partial charge in [-0.1, -0.05) is 17.7 Å². The molecule has 12 heavy (non-hydrogen) atoms. The van der Waals surface area contributed by atoms with Crippen LogP contribution in [-0.2, 0) is 4.79 Å². The van der Waals surface area contributed by atoms with Crippen LogP contribution in [0, 0.1) is 10.8 Å². The van der Waals surface area contributed by atoms with Crippen LogP contribution < -0.4 is 0 Å². The second-order valence-electron chi connectivity index (χ2n) is 2.12. The molecule has 0 saturated carbocycles. The molecular weight excluding hydrogens is 242 g/mol. The zero-order valence-electron chi connectivity index (χ0n) is 6.17. The molecular formula is C7H6BrNO2S. The molecule has 0 bridgehead atoms. The Morgan fingerprint density at radius 3 is 2.83 bits per heavy atom. The standard InChI is InChI=1S/C7H6BrNO2S/c8-3-1-2-4-9-6(10)5-12-7(9)11/h2,4-5H2. The third-order valence-corrected chi connectivity index (χ3v) is 2.51. The van der Waals surface area contributed by atoms with E-state index in [4.69, 9.17) is 0 Å². The van der Waals surface area contributed by atoms with Crippen LogP contribution in [0.1, 0.15) is 6.42 Å². The number of imide groups is 1. The number of hydrogen-bond acceptors (Lipinski definition) is 3. The summed E-state index contributed by atoms with van der Waals surface area (Å²) in [6.45, 7) is 0.406. The van der Waals surface area contributed by atoms with Crippen molar-refractivity contribution in [3.05, 3.63) is 0 Å². The predicted octanol–water partition coefficient (Wildman–Crippen LogP) is 1.43. The van der Waals surface area contributed by atoms with E-state index in [1.54, 1.807) is 0 Å². The SMILES string of the molecule is O=C1CSC(=O)N1CCC#CBr. The quantitative estimate of drug-likeness (QED) is 0.693. The van der Waals surface area contributed by atoms with Gasteiger partial charge in [-0.2, -0.15) is 0 Å². The highest BCUT2D eigenvalue weighted by Gasteiger charge is 2.28. The van der Waals surface area contributed by atoms with Gasteiger partial charge in [0.25, 0.3) is 5.24 Å². The molecule has 0 aromatic heterocycles. The van der Waals surface area contributed by atoms with Gasteiger partial charge in [-0.25, -0.2) is 0 Å². The number of thioether (sulfide) groups is 1. The number of nitrogens with zero attached hydrogens (tertiary/aromatic N) is 1. The largest absolute Gasteiger partial charge is 0.288 e. The second kappa shape index (κ2) is 4.53. The fraction of sp³-hybridized carbons (Fsp3) is 0.429. The van der Waals surface area contributed by atoms with Crippen LogP contribution in [-0.4, -0.2) is 28.3 Å². The van der Waals surface area contributed by atoms with Gasteiger partial charge in [0.2, 0.25) is 5.91 Å². The Bertz CT molecular complexity index is 252. The Balaban J connectivity index is 2.43. The maximum Gasteiger partial charge on any atom is 0.288 e. The van der Waals surface area contributed by atoms with Crippen molar-refractivity contribution in [3.63, 3.8) is 0 Å². The number of carbonyl (C=O) groups is 2. The van der Waals surface area contributed by atoms with E-state index in [-0.39, 0.29) is 16.9 Å². The summed E-state index contributed by atoms with van der Waals surface area (Å²) >= 11 is 3.98. The first-order valence-electron chi connectivity index (χ1n) is 3.31. The Kier molecular flexibility index (Phi) is 3.63. The first-order valence-corrected chi connectivity index (χ1v) is 5.09. The van der Waals surface area contributed by atoms with Crippen LogP contribution >= 0.6 is 27.7 Å². The van der Waals surface area contributed by atoms with Gasteiger partial charge in [-0.05, 0) is 4.83 Å². The summed E-state index contributed by atoms with van der Waals surface area (Å²) in [5.41, 5.74) is 0. The van der Waals surface area contributed by atoms with Crippen LogP contribution in [0.15, 0.2) is 0 Å². The van der Waals surface area contributed by atoms with Crippen molar-refractivity contribution in [1.82, 2.24) is 4.90 Å². The van der Waals surface area contributed by atoms with Crippen molar-refractivity contribution in [1.29, 1.82) is 0 Å². The average Bonchev–Trinajstić information content (AvgIpc) is 2.35. The molecule has 0 aromatic rings. The van der Waals surface area contributed by atoms with E-state index in [9.17, 15) is 9.59 Å². The van der Waals surface area contributed by atoms with Gasteiger partial charge in [0.1, 0.15) is 0 Å². The normalized spacial score (nSPS) is 16.2. The van der Waals surface area contributed by atoms with Crippen LogP contribution in [0.2, 0.25) is 0 Å². The maximum absolute atomic E-state index is 11.0. The van der Waals surface area contributed by atoms with Gasteiger partial charge >= 0.3 is 0 Å². The van der Waals surface area contributed by atoms with Crippen molar-refractivity contribution in [2.75, 3.05) is 12.3 Å². The summed E-state index contributed by atoms with van der Waals surface area (Å²) in [4.78, 5) is 25.8. The van der Waals surface area contributed by atoms with E-state index >= 15 is 0 Å². The van der Waals surface area contributed by atoms with E-state index in [2.05, 4.69) is 26.7 Å². The third-order valence-electron chi connectivity index (χ3n) is 1.37. The molecule has 1 rings (SSSR count). The molecule has 0 spiro atoms. The van der Waals surface area contributed by atoms with Crippen molar-refractivity contribution in [3.8, 4) is 10.8 Å². The van der Waals surface area contributed by atoms with E-state index in [0.29, 0.717) is 13.0 Å². The molecule has 1 heterocycles. The van der Waals surface area contributed by atoms with Gasteiger partial charge in [-0.3, -0.25) is 14.5 Å². The number of rotatable bonds is 2. The third kappa shape index (κ3) is 2.26. The maximum atomic E-state index is 11.0. The molecule has 0 N–H and O–H groups in total. The Labute approximate surface area is 83.0 Å². The molecule has 0 unspecified atom stereocenters. The van der Waals surface area contributed by atoms with E-state index in [1.807, 2.05) is 0 Å². The minimum Gasteiger partial charge on any atom is -0.273 e. The smallest absolute Gasteiger partial charge is 0.273 e. The summed E-state index contributed by atoms with van der Waals surface area (Å²) < 4.78 is 0. The zero-order valence-corrected chi connectivity index (χ0v) is 8.57. The van der Waals surface area contributed by atoms with Crippen LogP contribution in [0.3, 0.4) is 0 Å². The van der Waals surface area contributed by atoms with Gasteiger partial charge < -0.3 is 0 Å². The Morgan fingerprint density at radius 1 is 1.58 bits per heavy atom. The number of amides is 2. The van der Waals surface area contributed by atoms with Crippen molar-refractivity contribution >= 4 is 38.8 Å². The number of halogens is 1. The zero-order chi connectivity index (χ0) is 8.97. The lowest BCUT2D eigenvalue weighted by Gasteiger charge is -2.09. The Morgan fingerprint density at radius 2 is 2.33 bits per heavy atom. The molecule has 0 aromatic carbocycles. The van der Waals surface area contributed by atoms with Gasteiger partial charge in [-0.15, -0.1) is 0 Å². The summed E-state index contributed by atoms with van der Waals surface area (Å²) in [5.74, 6) is 2.90. The monoisotopic (exact) mass is 247 g/mol. The molecule has 5 heteroatoms. The van der Waals surface area contributed by atoms with Crippen LogP contribution in [0.4, 0.5) is 4.79 Å². The predicted molar refractivity (Wildman–Crippen MR) is 50.9 cm³/mol. The first kappa shape index (κ1) is 9.62. The molecule has 3 nitrogen and oxygen atoms in total. The lowest BCUT2D eigenvalue weighted by molar-refractivity contribution is -0.124. The van der Waals surface area contributed by atoms with Gasteiger partial charge in [0.15, 0.2) is 0 Å². The lowest BCUT2D eigenvalue weighted by Crippen LogP contribution is -2.29. The first-order chi connectivity index (χ1) is 5.75. The minimum absolute atomic E-state index is 0.110. The minimum atomic E-state index is -0.156. The van der Waals surface area contributed by atoms with Crippen LogP contribution in [0.25, 0.3) is 0 Å². The fourth-order valence-corrected chi connectivity index (χ4v) is 1.76. The molecule has 2 amide bonds. The highest BCUT2D eigenvalue weighted by Crippen LogP contribution is 2.18. The van der Waals surface area contributed by atoms with Crippen LogP contribution in [0.5, 0.6) is 0 Å². The molecule has 1 aliphatic rings. The van der Waals surface area contributed by atoms with Crippen molar-refractivity contribution in [2.24, 2.45) is 0 Å². The Hall–Kier alpha value is -0.470. The van der Waals surface area contributed by atoms with E-state index < -0.39 is 0 Å². The van der Waals surface area contributed by atoms with Crippen molar-refractivity contribution in [2.45, 2.75) is 6.42 Å². The molecule has 1 aliphatic heterocycles. The highest BCUT2D eigenvalue weighted by atomic mass is 79.9. The summed E-state index contributed by atoms with van der Waals surface area (Å²) in [5, 5.41) is -0.156. The number of hydrogen-bond donors (Lipinski definition) is 0. The summed E-state index contributed by atoms with van der Waals surface area (Å²) in [6.07, 6.45) is 0.531. The van der Waals surface area contributed by atoms with E-state index in [0.717, 1.165) is 11.8 Å². The fourth-order valence-electron chi connectivity index (χ4n) is 0.812. The second-order valence-corrected chi connectivity index (χ2v) is 3.44. The number of carbonyl (C=O) groups excluding carboxylic acids is 2.